The summed E-state index contributed by atoms with van der Waals surface area (Å²) in [6.07, 6.45) is 1.67. The van der Waals surface area contributed by atoms with Gasteiger partial charge in [0.25, 0.3) is 0 Å². The maximum atomic E-state index is 12.0. The molecule has 2 rings (SSSR count). The van der Waals surface area contributed by atoms with Crippen LogP contribution in [0.3, 0.4) is 0 Å². The highest BCUT2D eigenvalue weighted by atomic mass is 32.2. The van der Waals surface area contributed by atoms with Crippen LogP contribution in [0.4, 0.5) is 4.79 Å². The summed E-state index contributed by atoms with van der Waals surface area (Å²) < 4.78 is 29.2. The fourth-order valence-electron chi connectivity index (χ4n) is 2.49. The van der Waals surface area contributed by atoms with Gasteiger partial charge in [-0.1, -0.05) is 54.6 Å². The molecule has 0 unspecified atom stereocenters. The Balaban J connectivity index is 2.07. The number of nitrogens with two attached hydrogens (primary N) is 1. The summed E-state index contributed by atoms with van der Waals surface area (Å²) in [5.74, 6) is 0. The normalized spacial score (nSPS) is 12.5. The van der Waals surface area contributed by atoms with Crippen LogP contribution in [-0.4, -0.2) is 26.7 Å². The number of carbonyl (C=O) groups excluding carboxylic acids is 1. The number of amides is 1. The van der Waals surface area contributed by atoms with Crippen LogP contribution in [0.1, 0.15) is 37.5 Å². The molecule has 0 saturated heterocycles. The molecule has 0 spiro atoms. The van der Waals surface area contributed by atoms with Crippen molar-refractivity contribution in [3.63, 3.8) is 0 Å². The Labute approximate surface area is 166 Å². The third-order valence-corrected chi connectivity index (χ3v) is 4.69. The number of alkyl carbamates (subject to hydrolysis) is 1. The van der Waals surface area contributed by atoms with Crippen LogP contribution in [0.15, 0.2) is 54.6 Å². The van der Waals surface area contributed by atoms with E-state index in [1.165, 1.54) is 0 Å². The highest BCUT2D eigenvalue weighted by Gasteiger charge is 2.16. The molecule has 0 aliphatic heterocycles. The first-order valence-electron chi connectivity index (χ1n) is 8.90. The van der Waals surface area contributed by atoms with Crippen molar-refractivity contribution in [2.24, 2.45) is 5.14 Å². The van der Waals surface area contributed by atoms with Gasteiger partial charge in [-0.15, -0.1) is 0 Å². The van der Waals surface area contributed by atoms with Gasteiger partial charge in [-0.25, -0.2) is 18.4 Å². The second kappa shape index (κ2) is 9.03. The minimum atomic E-state index is -3.89. The quantitative estimate of drug-likeness (QED) is 0.722. The average molecular weight is 403 g/mol. The van der Waals surface area contributed by atoms with Crippen molar-refractivity contribution >= 4 is 27.1 Å². The van der Waals surface area contributed by atoms with E-state index < -0.39 is 21.7 Å². The van der Waals surface area contributed by atoms with Gasteiger partial charge in [-0.05, 0) is 50.0 Å². The van der Waals surface area contributed by atoms with Crippen molar-refractivity contribution in [1.82, 2.24) is 5.32 Å². The Morgan fingerprint density at radius 2 is 1.68 bits per heavy atom. The molecule has 0 atom stereocenters. The van der Waals surface area contributed by atoms with Gasteiger partial charge in [-0.2, -0.15) is 0 Å². The number of sulfonamides is 1. The van der Waals surface area contributed by atoms with Crippen molar-refractivity contribution in [3.05, 3.63) is 71.3 Å². The molecule has 0 aliphatic carbocycles. The Bertz CT molecular complexity index is 929. The Morgan fingerprint density at radius 3 is 2.21 bits per heavy atom. The van der Waals surface area contributed by atoms with Crippen LogP contribution >= 0.6 is 0 Å². The summed E-state index contributed by atoms with van der Waals surface area (Å²) in [5.41, 5.74) is 1.67. The molecule has 1 amide bonds. The molecule has 7 heteroatoms. The molecule has 0 aliphatic rings. The van der Waals surface area contributed by atoms with Gasteiger partial charge >= 0.3 is 6.09 Å². The van der Waals surface area contributed by atoms with E-state index in [1.807, 2.05) is 42.5 Å². The van der Waals surface area contributed by atoms with Crippen LogP contribution in [0, 0.1) is 0 Å². The largest absolute Gasteiger partial charge is 0.444 e. The topological polar surface area (TPSA) is 98.5 Å². The van der Waals surface area contributed by atoms with Crippen LogP contribution < -0.4 is 10.5 Å². The summed E-state index contributed by atoms with van der Waals surface area (Å²) in [5, 5.41) is 8.10. The van der Waals surface area contributed by atoms with Crippen LogP contribution in [0.2, 0.25) is 0 Å². The summed E-state index contributed by atoms with van der Waals surface area (Å²) in [6, 6.07) is 16.2. The zero-order chi connectivity index (χ0) is 20.8. The number of rotatable bonds is 6. The van der Waals surface area contributed by atoms with E-state index in [9.17, 15) is 13.2 Å². The molecule has 0 bridgehead atoms. The maximum Gasteiger partial charge on any atom is 0.407 e. The highest BCUT2D eigenvalue weighted by molar-refractivity contribution is 7.98. The average Bonchev–Trinajstić information content (AvgIpc) is 2.59. The third-order valence-electron chi connectivity index (χ3n) is 3.72. The molecule has 0 aromatic heterocycles. The monoisotopic (exact) mass is 402 g/mol. The van der Waals surface area contributed by atoms with E-state index >= 15 is 0 Å². The minimum absolute atomic E-state index is 0.0529. The first-order chi connectivity index (χ1) is 13.0. The molecule has 0 heterocycles. The molecule has 3 N–H and O–H groups in total. The number of nitrogens with one attached hydrogen (secondary N) is 1. The molecular formula is C21H26N2O4S. The smallest absolute Gasteiger partial charge is 0.407 e. The summed E-state index contributed by atoms with van der Waals surface area (Å²) in [6.45, 7) is 5.82. The van der Waals surface area contributed by atoms with Gasteiger partial charge < -0.3 is 10.1 Å². The van der Waals surface area contributed by atoms with Gasteiger partial charge in [0.15, 0.2) is 0 Å². The Hall–Kier alpha value is -2.64. The number of ether oxygens (including phenoxy) is 1. The lowest BCUT2D eigenvalue weighted by atomic mass is 10.1. The zero-order valence-electron chi connectivity index (χ0n) is 16.3. The van der Waals surface area contributed by atoms with E-state index in [2.05, 4.69) is 5.32 Å². The first kappa shape index (κ1) is 21.7. The number of hydrogen-bond acceptors (Lipinski definition) is 4. The molecular weight excluding hydrogens is 376 g/mol. The van der Waals surface area contributed by atoms with E-state index in [0.717, 1.165) is 11.1 Å². The van der Waals surface area contributed by atoms with Crippen molar-refractivity contribution in [3.8, 4) is 0 Å². The zero-order valence-corrected chi connectivity index (χ0v) is 17.1. The number of primary sulfonamides is 1. The predicted octanol–water partition coefficient (Wildman–Crippen LogP) is 3.54. The standard InChI is InChI=1S/C21H26N2O4S/c1-21(2,3)27-20(24)23-14-13-16-9-11-18(12-10-16)19(28(22,25)26)15-17-7-5-4-6-8-17/h4-12,15H,13-14H2,1-3H3,(H,23,24)(H2,22,25,26). The van der Waals surface area contributed by atoms with Gasteiger partial charge in [0.05, 0.1) is 4.91 Å². The molecule has 0 radical (unpaired) electrons. The lowest BCUT2D eigenvalue weighted by Gasteiger charge is -2.19. The second-order valence-electron chi connectivity index (χ2n) is 7.34. The Morgan fingerprint density at radius 1 is 1.07 bits per heavy atom. The Kier molecular flexibility index (Phi) is 6.99. The van der Waals surface area contributed by atoms with E-state index in [1.54, 1.807) is 39.0 Å². The van der Waals surface area contributed by atoms with Crippen LogP contribution in [-0.2, 0) is 21.2 Å². The lowest BCUT2D eigenvalue weighted by molar-refractivity contribution is 0.0528. The second-order valence-corrected chi connectivity index (χ2v) is 8.87. The molecule has 2 aromatic rings. The van der Waals surface area contributed by atoms with Crippen LogP contribution in [0.5, 0.6) is 0 Å². The molecule has 0 fully saturated rings. The minimum Gasteiger partial charge on any atom is -0.444 e. The SMILES string of the molecule is CC(C)(C)OC(=O)NCCc1ccc(C(=Cc2ccccc2)S(N)(=O)=O)cc1. The van der Waals surface area contributed by atoms with Crippen molar-refractivity contribution in [2.75, 3.05) is 6.54 Å². The summed E-state index contributed by atoms with van der Waals surface area (Å²) in [4.78, 5) is 11.7. The van der Waals surface area contributed by atoms with Gasteiger partial charge in [0.1, 0.15) is 5.60 Å². The summed E-state index contributed by atoms with van der Waals surface area (Å²) >= 11 is 0. The van der Waals surface area contributed by atoms with Gasteiger partial charge in [0.2, 0.25) is 10.0 Å². The predicted molar refractivity (Wildman–Crippen MR) is 112 cm³/mol. The number of benzene rings is 2. The molecule has 6 nitrogen and oxygen atoms in total. The molecule has 150 valence electrons. The lowest BCUT2D eigenvalue weighted by Crippen LogP contribution is -2.33. The van der Waals surface area contributed by atoms with Gasteiger partial charge in [-0.3, -0.25) is 0 Å². The van der Waals surface area contributed by atoms with Crippen molar-refractivity contribution in [2.45, 2.75) is 32.8 Å². The van der Waals surface area contributed by atoms with E-state index in [-0.39, 0.29) is 4.91 Å². The van der Waals surface area contributed by atoms with Crippen molar-refractivity contribution in [1.29, 1.82) is 0 Å². The van der Waals surface area contributed by atoms with Crippen molar-refractivity contribution < 1.29 is 17.9 Å². The number of carbonyl (C=O) groups is 1. The fourth-order valence-corrected chi connectivity index (χ4v) is 3.25. The first-order valence-corrected chi connectivity index (χ1v) is 10.4. The molecule has 2 aromatic carbocycles. The van der Waals surface area contributed by atoms with Gasteiger partial charge in [0, 0.05) is 6.54 Å². The maximum absolute atomic E-state index is 12.0. The van der Waals surface area contributed by atoms with E-state index in [4.69, 9.17) is 9.88 Å². The number of hydrogen-bond donors (Lipinski definition) is 2. The fraction of sp³-hybridized carbons (Fsp3) is 0.286. The van der Waals surface area contributed by atoms with Crippen LogP contribution in [0.25, 0.3) is 11.0 Å². The highest BCUT2D eigenvalue weighted by Crippen LogP contribution is 2.22. The molecule has 0 saturated carbocycles. The third kappa shape index (κ3) is 7.17. The van der Waals surface area contributed by atoms with E-state index in [0.29, 0.717) is 18.5 Å². The summed E-state index contributed by atoms with van der Waals surface area (Å²) in [7, 11) is -3.89. The molecule has 28 heavy (non-hydrogen) atoms.